The predicted octanol–water partition coefficient (Wildman–Crippen LogP) is 4.83. The van der Waals surface area contributed by atoms with E-state index in [9.17, 15) is 4.79 Å². The van der Waals surface area contributed by atoms with E-state index < -0.39 is 0 Å². The Balaban J connectivity index is 1.36. The zero-order valence-electron chi connectivity index (χ0n) is 17.6. The first kappa shape index (κ1) is 20.6. The van der Waals surface area contributed by atoms with E-state index in [-0.39, 0.29) is 22.8 Å². The van der Waals surface area contributed by atoms with Gasteiger partial charge in [0.2, 0.25) is 0 Å². The number of benzene rings is 3. The van der Waals surface area contributed by atoms with Gasteiger partial charge in [0, 0.05) is 26.2 Å². The summed E-state index contributed by atoms with van der Waals surface area (Å²) in [5.74, 6) is -0.163. The molecule has 1 aliphatic rings. The molecule has 1 fully saturated rings. The van der Waals surface area contributed by atoms with Gasteiger partial charge >= 0.3 is 0 Å². The lowest BCUT2D eigenvalue weighted by Gasteiger charge is -2.39. The standard InChI is InChI=1S/C26H23ClN4O/c27-25-23(28-21-13-7-8-14-22(21)29-25)26(32)31-17-15-30(16-18-31)24(19-9-3-1-4-10-19)20-11-5-2-6-12-20/h1-14,24H,15-18H2. The average Bonchev–Trinajstić information content (AvgIpc) is 2.85. The van der Waals surface area contributed by atoms with E-state index in [1.165, 1.54) is 11.1 Å². The summed E-state index contributed by atoms with van der Waals surface area (Å²) in [7, 11) is 0. The van der Waals surface area contributed by atoms with Gasteiger partial charge in [0.05, 0.1) is 17.1 Å². The first-order valence-electron chi connectivity index (χ1n) is 10.8. The van der Waals surface area contributed by atoms with Crippen LogP contribution in [0.15, 0.2) is 84.9 Å². The van der Waals surface area contributed by atoms with Crippen LogP contribution in [0.25, 0.3) is 11.0 Å². The van der Waals surface area contributed by atoms with Crippen molar-refractivity contribution in [1.82, 2.24) is 19.8 Å². The van der Waals surface area contributed by atoms with Crippen molar-refractivity contribution >= 4 is 28.5 Å². The molecule has 0 radical (unpaired) electrons. The molecule has 0 bridgehead atoms. The van der Waals surface area contributed by atoms with Crippen molar-refractivity contribution in [2.24, 2.45) is 0 Å². The molecular formula is C26H23ClN4O. The van der Waals surface area contributed by atoms with E-state index in [2.05, 4.69) is 63.4 Å². The van der Waals surface area contributed by atoms with Crippen LogP contribution in [0.3, 0.4) is 0 Å². The molecule has 0 unspecified atom stereocenters. The minimum atomic E-state index is -0.163. The number of rotatable bonds is 4. The largest absolute Gasteiger partial charge is 0.335 e. The lowest BCUT2D eigenvalue weighted by atomic mass is 9.96. The highest BCUT2D eigenvalue weighted by Crippen LogP contribution is 2.30. The van der Waals surface area contributed by atoms with Crippen LogP contribution in [-0.4, -0.2) is 51.9 Å². The van der Waals surface area contributed by atoms with Crippen molar-refractivity contribution in [3.63, 3.8) is 0 Å². The molecule has 6 heteroatoms. The summed E-state index contributed by atoms with van der Waals surface area (Å²) in [5, 5.41) is 0.155. The molecule has 0 aliphatic carbocycles. The fourth-order valence-electron chi connectivity index (χ4n) is 4.33. The van der Waals surface area contributed by atoms with Gasteiger partial charge in [0.25, 0.3) is 5.91 Å². The van der Waals surface area contributed by atoms with Crippen molar-refractivity contribution in [3.8, 4) is 0 Å². The van der Waals surface area contributed by atoms with E-state index in [1.807, 2.05) is 41.3 Å². The third-order valence-electron chi connectivity index (χ3n) is 5.93. The Morgan fingerprint density at radius 1 is 0.719 bits per heavy atom. The molecule has 5 nitrogen and oxygen atoms in total. The first-order valence-corrected chi connectivity index (χ1v) is 11.1. The normalized spacial score (nSPS) is 14.8. The second kappa shape index (κ2) is 9.07. The minimum absolute atomic E-state index is 0.152. The van der Waals surface area contributed by atoms with Gasteiger partial charge in [-0.15, -0.1) is 0 Å². The first-order chi connectivity index (χ1) is 15.7. The topological polar surface area (TPSA) is 49.3 Å². The van der Waals surface area contributed by atoms with E-state index >= 15 is 0 Å². The molecule has 3 aromatic carbocycles. The van der Waals surface area contributed by atoms with Gasteiger partial charge in [0.15, 0.2) is 10.8 Å². The van der Waals surface area contributed by atoms with Crippen molar-refractivity contribution in [2.45, 2.75) is 6.04 Å². The molecule has 0 spiro atoms. The maximum Gasteiger partial charge on any atom is 0.275 e. The Hall–Kier alpha value is -3.28. The van der Waals surface area contributed by atoms with Crippen molar-refractivity contribution in [3.05, 3.63) is 107 Å². The van der Waals surface area contributed by atoms with Crippen molar-refractivity contribution in [1.29, 1.82) is 0 Å². The van der Waals surface area contributed by atoms with Gasteiger partial charge in [0.1, 0.15) is 0 Å². The van der Waals surface area contributed by atoms with Crippen LogP contribution in [0, 0.1) is 0 Å². The smallest absolute Gasteiger partial charge is 0.275 e. The number of piperazine rings is 1. The molecule has 1 aromatic heterocycles. The van der Waals surface area contributed by atoms with Crippen LogP contribution in [-0.2, 0) is 0 Å². The fourth-order valence-corrected chi connectivity index (χ4v) is 4.55. The number of carbonyl (C=O) groups excluding carboxylic acids is 1. The zero-order valence-corrected chi connectivity index (χ0v) is 18.3. The van der Waals surface area contributed by atoms with Crippen molar-refractivity contribution < 1.29 is 4.79 Å². The number of halogens is 1. The van der Waals surface area contributed by atoms with Crippen LogP contribution >= 0.6 is 11.6 Å². The van der Waals surface area contributed by atoms with Gasteiger partial charge in [-0.2, -0.15) is 0 Å². The number of fused-ring (bicyclic) bond motifs is 1. The SMILES string of the molecule is O=C(c1nc2ccccc2nc1Cl)N1CCN(C(c2ccccc2)c2ccccc2)CC1. The molecule has 0 saturated carbocycles. The quantitative estimate of drug-likeness (QED) is 0.454. The summed E-state index contributed by atoms with van der Waals surface area (Å²) < 4.78 is 0. The van der Waals surface area contributed by atoms with E-state index in [1.54, 1.807) is 0 Å². The maximum atomic E-state index is 13.2. The number of para-hydroxylation sites is 2. The number of hydrogen-bond donors (Lipinski definition) is 0. The Bertz CT molecular complexity index is 1190. The fraction of sp³-hybridized carbons (Fsp3) is 0.192. The summed E-state index contributed by atoms with van der Waals surface area (Å²) in [5.41, 5.74) is 4.09. The molecule has 5 rings (SSSR count). The van der Waals surface area contributed by atoms with E-state index in [0.29, 0.717) is 24.1 Å². The highest BCUT2D eigenvalue weighted by atomic mass is 35.5. The zero-order chi connectivity index (χ0) is 21.9. The van der Waals surface area contributed by atoms with E-state index in [0.717, 1.165) is 13.1 Å². The van der Waals surface area contributed by atoms with Crippen molar-refractivity contribution in [2.75, 3.05) is 26.2 Å². The number of nitrogens with zero attached hydrogens (tertiary/aromatic N) is 4. The second-order valence-electron chi connectivity index (χ2n) is 7.90. The predicted molar refractivity (Wildman–Crippen MR) is 127 cm³/mol. The molecule has 160 valence electrons. The van der Waals surface area contributed by atoms with Crippen LogP contribution in [0.1, 0.15) is 27.7 Å². The Kier molecular flexibility index (Phi) is 5.84. The summed E-state index contributed by atoms with van der Waals surface area (Å²) in [6, 6.07) is 28.6. The molecule has 2 heterocycles. The molecule has 32 heavy (non-hydrogen) atoms. The van der Waals surface area contributed by atoms with Crippen LogP contribution in [0.2, 0.25) is 5.15 Å². The molecular weight excluding hydrogens is 420 g/mol. The van der Waals surface area contributed by atoms with Gasteiger partial charge in [-0.3, -0.25) is 9.69 Å². The molecule has 1 saturated heterocycles. The summed E-state index contributed by atoms with van der Waals surface area (Å²) in [6.45, 7) is 2.75. The van der Waals surface area contributed by atoms with Crippen LogP contribution < -0.4 is 0 Å². The highest BCUT2D eigenvalue weighted by molar-refractivity contribution is 6.32. The third kappa shape index (κ3) is 4.09. The Labute approximate surface area is 192 Å². The van der Waals surface area contributed by atoms with Gasteiger partial charge in [-0.05, 0) is 23.3 Å². The molecule has 0 atom stereocenters. The second-order valence-corrected chi connectivity index (χ2v) is 8.26. The van der Waals surface area contributed by atoms with Crippen LogP contribution in [0.5, 0.6) is 0 Å². The summed E-state index contributed by atoms with van der Waals surface area (Å²) in [6.07, 6.45) is 0. The Morgan fingerprint density at radius 3 is 1.78 bits per heavy atom. The molecule has 1 amide bonds. The monoisotopic (exact) mass is 442 g/mol. The number of carbonyl (C=O) groups is 1. The van der Waals surface area contributed by atoms with E-state index in [4.69, 9.17) is 11.6 Å². The summed E-state index contributed by atoms with van der Waals surface area (Å²) >= 11 is 6.32. The lowest BCUT2D eigenvalue weighted by Crippen LogP contribution is -2.50. The number of amides is 1. The van der Waals surface area contributed by atoms with Gasteiger partial charge < -0.3 is 4.90 Å². The summed E-state index contributed by atoms with van der Waals surface area (Å²) in [4.78, 5) is 26.3. The Morgan fingerprint density at radius 2 is 1.22 bits per heavy atom. The number of hydrogen-bond acceptors (Lipinski definition) is 4. The molecule has 1 aliphatic heterocycles. The van der Waals surface area contributed by atoms with Crippen LogP contribution in [0.4, 0.5) is 0 Å². The highest BCUT2D eigenvalue weighted by Gasteiger charge is 2.30. The lowest BCUT2D eigenvalue weighted by molar-refractivity contribution is 0.0592. The van der Waals surface area contributed by atoms with Gasteiger partial charge in [-0.1, -0.05) is 84.4 Å². The third-order valence-corrected chi connectivity index (χ3v) is 6.19. The van der Waals surface area contributed by atoms with Gasteiger partial charge in [-0.25, -0.2) is 9.97 Å². The minimum Gasteiger partial charge on any atom is -0.335 e. The number of aromatic nitrogens is 2. The molecule has 4 aromatic rings. The molecule has 0 N–H and O–H groups in total. The average molecular weight is 443 g/mol. The maximum absolute atomic E-state index is 13.2.